The maximum Gasteiger partial charge on any atom is 0.254 e. The van der Waals surface area contributed by atoms with Gasteiger partial charge in [0.25, 0.3) is 35.4 Å². The Kier molecular flexibility index (Phi) is 10.6. The number of amides is 6. The third-order valence-corrected chi connectivity index (χ3v) is 5.54. The molecule has 9 nitrogen and oxygen atoms in total. The summed E-state index contributed by atoms with van der Waals surface area (Å²) in [5, 5.41) is 6.80. The van der Waals surface area contributed by atoms with Crippen LogP contribution < -0.4 is 16.0 Å². The molecule has 0 spiro atoms. The molecule has 0 saturated heterocycles. The lowest BCUT2D eigenvalue weighted by Gasteiger charge is -1.93. The van der Waals surface area contributed by atoms with Crippen molar-refractivity contribution in [3.63, 3.8) is 0 Å². The Balaban J connectivity index is 0.000000247. The molecule has 3 N–H and O–H groups in total. The highest BCUT2D eigenvalue weighted by molar-refractivity contribution is 6.20. The van der Waals surface area contributed by atoms with Crippen molar-refractivity contribution >= 4 is 35.4 Å². The molecule has 0 aromatic carbocycles. The first kappa shape index (κ1) is 27.7. The molecule has 0 aliphatic carbocycles. The predicted molar refractivity (Wildman–Crippen MR) is 122 cm³/mol. The number of imide groups is 3. The first-order chi connectivity index (χ1) is 15.6. The fourth-order valence-corrected chi connectivity index (χ4v) is 3.83. The number of rotatable bonds is 6. The normalized spacial score (nSPS) is 17.6. The predicted octanol–water partition coefficient (Wildman–Crippen LogP) is 2.28. The second-order valence-electron chi connectivity index (χ2n) is 7.34. The van der Waals surface area contributed by atoms with E-state index in [4.69, 9.17) is 0 Å². The Morgan fingerprint density at radius 1 is 0.333 bits per heavy atom. The Morgan fingerprint density at radius 3 is 0.545 bits per heavy atom. The molecule has 0 fully saturated rings. The molecule has 0 radical (unpaired) electrons. The average molecular weight is 460 g/mol. The summed E-state index contributed by atoms with van der Waals surface area (Å²) in [6.45, 7) is 11.3. The van der Waals surface area contributed by atoms with Crippen molar-refractivity contribution in [2.75, 3.05) is 0 Å². The van der Waals surface area contributed by atoms with Crippen LogP contribution in [0.3, 0.4) is 0 Å². The summed E-state index contributed by atoms with van der Waals surface area (Å²) in [6.07, 6.45) is 3.84. The van der Waals surface area contributed by atoms with Gasteiger partial charge in [0.1, 0.15) is 0 Å². The second-order valence-corrected chi connectivity index (χ2v) is 7.34. The topological polar surface area (TPSA) is 139 Å². The van der Waals surface area contributed by atoms with Gasteiger partial charge in [0.05, 0.1) is 0 Å². The lowest BCUT2D eigenvalue weighted by molar-refractivity contribution is -0.125. The molecule has 180 valence electrons. The van der Waals surface area contributed by atoms with Crippen LogP contribution in [0.15, 0.2) is 33.4 Å². The van der Waals surface area contributed by atoms with Gasteiger partial charge in [-0.25, -0.2) is 0 Å². The van der Waals surface area contributed by atoms with Crippen molar-refractivity contribution in [3.05, 3.63) is 33.4 Å². The molecule has 0 unspecified atom stereocenters. The van der Waals surface area contributed by atoms with E-state index in [1.807, 2.05) is 41.5 Å². The number of nitrogens with one attached hydrogen (secondary N) is 3. The van der Waals surface area contributed by atoms with Crippen molar-refractivity contribution in [2.24, 2.45) is 0 Å². The van der Waals surface area contributed by atoms with Crippen molar-refractivity contribution in [3.8, 4) is 0 Å². The number of carbonyl (C=O) groups excluding carboxylic acids is 6. The molecule has 0 bridgehead atoms. The first-order valence-corrected chi connectivity index (χ1v) is 11.3. The van der Waals surface area contributed by atoms with Gasteiger partial charge in [-0.15, -0.1) is 0 Å². The summed E-state index contributed by atoms with van der Waals surface area (Å²) in [6, 6.07) is 0. The van der Waals surface area contributed by atoms with Gasteiger partial charge in [-0.3, -0.25) is 44.7 Å². The first-order valence-electron chi connectivity index (χ1n) is 11.3. The van der Waals surface area contributed by atoms with Gasteiger partial charge in [-0.05, 0) is 38.5 Å². The van der Waals surface area contributed by atoms with Crippen LogP contribution in [-0.2, 0) is 28.8 Å². The van der Waals surface area contributed by atoms with Crippen LogP contribution in [0, 0.1) is 0 Å². The molecule has 3 heterocycles. The highest BCUT2D eigenvalue weighted by Gasteiger charge is 2.28. The van der Waals surface area contributed by atoms with Crippen LogP contribution >= 0.6 is 0 Å². The number of hydrogen-bond donors (Lipinski definition) is 3. The van der Waals surface area contributed by atoms with E-state index in [0.29, 0.717) is 72.0 Å². The van der Waals surface area contributed by atoms with Gasteiger partial charge < -0.3 is 0 Å². The molecular weight excluding hydrogens is 426 g/mol. The summed E-state index contributed by atoms with van der Waals surface area (Å²) in [5.41, 5.74) is 3.90. The maximum absolute atomic E-state index is 11.0. The zero-order valence-corrected chi connectivity index (χ0v) is 20.2. The maximum atomic E-state index is 11.0. The highest BCUT2D eigenvalue weighted by Crippen LogP contribution is 2.19. The zero-order chi connectivity index (χ0) is 25.3. The van der Waals surface area contributed by atoms with E-state index in [-0.39, 0.29) is 35.4 Å². The second kappa shape index (κ2) is 12.6. The van der Waals surface area contributed by atoms with E-state index in [1.54, 1.807) is 0 Å². The van der Waals surface area contributed by atoms with E-state index in [2.05, 4.69) is 16.0 Å². The van der Waals surface area contributed by atoms with Crippen LogP contribution in [0.4, 0.5) is 0 Å². The van der Waals surface area contributed by atoms with Crippen LogP contribution in [-0.4, -0.2) is 35.4 Å². The largest absolute Gasteiger partial charge is 0.289 e. The molecule has 0 atom stereocenters. The zero-order valence-electron chi connectivity index (χ0n) is 20.2. The monoisotopic (exact) mass is 459 g/mol. The summed E-state index contributed by atoms with van der Waals surface area (Å²) in [5.74, 6) is -1.28. The molecule has 0 saturated carbocycles. The summed E-state index contributed by atoms with van der Waals surface area (Å²) in [4.78, 5) is 66.0. The molecule has 3 aliphatic heterocycles. The van der Waals surface area contributed by atoms with Crippen molar-refractivity contribution in [1.29, 1.82) is 0 Å². The van der Waals surface area contributed by atoms with Gasteiger partial charge in [0, 0.05) is 33.4 Å². The Morgan fingerprint density at radius 2 is 0.455 bits per heavy atom. The minimum atomic E-state index is -0.214. The van der Waals surface area contributed by atoms with Gasteiger partial charge in [0.2, 0.25) is 0 Å². The van der Waals surface area contributed by atoms with Crippen LogP contribution in [0.2, 0.25) is 0 Å². The molecule has 33 heavy (non-hydrogen) atoms. The third-order valence-electron chi connectivity index (χ3n) is 5.54. The molecule has 0 aromatic heterocycles. The minimum Gasteiger partial charge on any atom is -0.289 e. The lowest BCUT2D eigenvalue weighted by Crippen LogP contribution is -2.23. The molecule has 3 aliphatic rings. The quantitative estimate of drug-likeness (QED) is 0.521. The summed E-state index contributed by atoms with van der Waals surface area (Å²) in [7, 11) is 0. The SMILES string of the molecule is CCC1=C(CC)C(=O)NC1=O.CCC1=C(CC)C(=O)NC1=O.CCC1=C(CC)C(=O)NC1=O. The minimum absolute atomic E-state index is 0.214. The Labute approximate surface area is 194 Å². The Bertz CT molecular complexity index is 773. The molecular formula is C24H33N3O6. The Hall–Kier alpha value is -3.36. The van der Waals surface area contributed by atoms with Gasteiger partial charge >= 0.3 is 0 Å². The molecule has 9 heteroatoms. The fraction of sp³-hybridized carbons (Fsp3) is 0.500. The van der Waals surface area contributed by atoms with E-state index in [0.717, 1.165) is 0 Å². The van der Waals surface area contributed by atoms with Crippen molar-refractivity contribution < 1.29 is 28.8 Å². The van der Waals surface area contributed by atoms with Gasteiger partial charge in [0.15, 0.2) is 0 Å². The summed E-state index contributed by atoms with van der Waals surface area (Å²) < 4.78 is 0. The van der Waals surface area contributed by atoms with Crippen molar-refractivity contribution in [1.82, 2.24) is 16.0 Å². The third kappa shape index (κ3) is 6.34. The van der Waals surface area contributed by atoms with Crippen LogP contribution in [0.5, 0.6) is 0 Å². The smallest absolute Gasteiger partial charge is 0.254 e. The highest BCUT2D eigenvalue weighted by atomic mass is 16.2. The standard InChI is InChI=1S/3C8H11NO2/c3*1-3-5-6(4-2)8(11)9-7(5)10/h3*3-4H2,1-2H3,(H,9,10,11). The lowest BCUT2D eigenvalue weighted by atomic mass is 10.1. The number of carbonyl (C=O) groups is 6. The van der Waals surface area contributed by atoms with E-state index in [1.165, 1.54) is 0 Å². The molecule has 6 amide bonds. The number of hydrogen-bond acceptors (Lipinski definition) is 6. The van der Waals surface area contributed by atoms with E-state index in [9.17, 15) is 28.8 Å². The van der Waals surface area contributed by atoms with Crippen LogP contribution in [0.25, 0.3) is 0 Å². The fourth-order valence-electron chi connectivity index (χ4n) is 3.83. The van der Waals surface area contributed by atoms with Gasteiger partial charge in [-0.2, -0.15) is 0 Å². The van der Waals surface area contributed by atoms with Crippen LogP contribution in [0.1, 0.15) is 80.1 Å². The average Bonchev–Trinajstić information content (AvgIpc) is 3.34. The molecule has 0 aromatic rings. The van der Waals surface area contributed by atoms with E-state index >= 15 is 0 Å². The van der Waals surface area contributed by atoms with Crippen molar-refractivity contribution in [2.45, 2.75) is 80.1 Å². The van der Waals surface area contributed by atoms with E-state index < -0.39 is 0 Å². The van der Waals surface area contributed by atoms with Gasteiger partial charge in [-0.1, -0.05) is 41.5 Å². The molecule has 3 rings (SSSR count). The summed E-state index contributed by atoms with van der Waals surface area (Å²) >= 11 is 0.